The molecule has 0 fully saturated rings. The summed E-state index contributed by atoms with van der Waals surface area (Å²) in [5.41, 5.74) is 10.6. The second kappa shape index (κ2) is 6.03. The Kier molecular flexibility index (Phi) is 4.16. The average Bonchev–Trinajstić information content (AvgIpc) is 2.51. The summed E-state index contributed by atoms with van der Waals surface area (Å²) in [5, 5.41) is 0.149. The number of hydrogen-bond donors (Lipinski definition) is 2. The molecule has 0 saturated heterocycles. The Balaban J connectivity index is 2.52. The number of para-hydroxylation sites is 1. The molecule has 1 aromatic heterocycles. The number of amides is 1. The second-order valence-electron chi connectivity index (χ2n) is 5.32. The van der Waals surface area contributed by atoms with Gasteiger partial charge in [-0.05, 0) is 23.8 Å². The van der Waals surface area contributed by atoms with Crippen LogP contribution in [0, 0.1) is 0 Å². The van der Waals surface area contributed by atoms with Crippen LogP contribution in [0.15, 0.2) is 46.9 Å². The smallest absolute Gasteiger partial charge is 0.383 e. The average molecular weight is 410 g/mol. The van der Waals surface area contributed by atoms with E-state index in [1.807, 2.05) is 0 Å². The maximum absolute atomic E-state index is 13.3. The fourth-order valence-electron chi connectivity index (χ4n) is 2.73. The zero-order valence-electron chi connectivity index (χ0n) is 12.6. The first-order valence-electron chi connectivity index (χ1n) is 7.05. The largest absolute Gasteiger partial charge is 0.418 e. The minimum atomic E-state index is -4.61. The second-order valence-corrected chi connectivity index (χ2v) is 6.24. The molecule has 0 aliphatic rings. The Morgan fingerprint density at radius 2 is 1.80 bits per heavy atom. The summed E-state index contributed by atoms with van der Waals surface area (Å²) < 4.78 is 40.7. The summed E-state index contributed by atoms with van der Waals surface area (Å²) in [6, 6.07) is 10.4. The lowest BCUT2D eigenvalue weighted by atomic mass is 9.94. The third-order valence-corrected chi connectivity index (χ3v) is 4.20. The van der Waals surface area contributed by atoms with Crippen molar-refractivity contribution in [1.82, 2.24) is 4.98 Å². The first kappa shape index (κ1) is 17.2. The predicted octanol–water partition coefficient (Wildman–Crippen LogP) is 4.36. The van der Waals surface area contributed by atoms with E-state index in [1.165, 1.54) is 12.1 Å². The highest BCUT2D eigenvalue weighted by Gasteiger charge is 2.34. The van der Waals surface area contributed by atoms with Gasteiger partial charge >= 0.3 is 6.18 Å². The van der Waals surface area contributed by atoms with Gasteiger partial charge in [0.1, 0.15) is 5.82 Å². The number of nitrogens with two attached hydrogens (primary N) is 2. The first-order valence-corrected chi connectivity index (χ1v) is 7.84. The van der Waals surface area contributed by atoms with Crippen molar-refractivity contribution < 1.29 is 18.0 Å². The van der Waals surface area contributed by atoms with Crippen LogP contribution < -0.4 is 11.5 Å². The van der Waals surface area contributed by atoms with Crippen molar-refractivity contribution in [3.63, 3.8) is 0 Å². The third kappa shape index (κ3) is 3.05. The van der Waals surface area contributed by atoms with E-state index >= 15 is 0 Å². The fourth-order valence-corrected chi connectivity index (χ4v) is 3.13. The molecule has 4 N–H and O–H groups in total. The summed E-state index contributed by atoms with van der Waals surface area (Å²) in [6.45, 7) is 0. The monoisotopic (exact) mass is 409 g/mol. The third-order valence-electron chi connectivity index (χ3n) is 3.71. The van der Waals surface area contributed by atoms with Crippen molar-refractivity contribution in [3.05, 3.63) is 58.1 Å². The predicted molar refractivity (Wildman–Crippen MR) is 92.8 cm³/mol. The number of alkyl halides is 3. The minimum absolute atomic E-state index is 0.107. The van der Waals surface area contributed by atoms with Crippen LogP contribution in [0.2, 0.25) is 0 Å². The number of aromatic nitrogens is 1. The van der Waals surface area contributed by atoms with E-state index in [9.17, 15) is 18.0 Å². The number of anilines is 1. The fraction of sp³-hybridized carbons (Fsp3) is 0.0588. The summed E-state index contributed by atoms with van der Waals surface area (Å²) in [6.07, 6.45) is -4.61. The van der Waals surface area contributed by atoms with Gasteiger partial charge < -0.3 is 11.5 Å². The van der Waals surface area contributed by atoms with Gasteiger partial charge in [-0.15, -0.1) is 0 Å². The molecule has 8 heteroatoms. The van der Waals surface area contributed by atoms with E-state index in [1.54, 1.807) is 24.3 Å². The highest BCUT2D eigenvalue weighted by Crippen LogP contribution is 2.40. The van der Waals surface area contributed by atoms with E-state index < -0.39 is 17.6 Å². The molecule has 3 aromatic rings. The molecule has 0 unspecified atom stereocenters. The molecule has 0 atom stereocenters. The van der Waals surface area contributed by atoms with Crippen molar-refractivity contribution >= 4 is 38.6 Å². The molecule has 1 amide bonds. The number of fused-ring (bicyclic) bond motifs is 1. The van der Waals surface area contributed by atoms with Crippen LogP contribution in [0.4, 0.5) is 19.0 Å². The molecule has 2 aromatic carbocycles. The van der Waals surface area contributed by atoms with Crippen LogP contribution in [0.5, 0.6) is 0 Å². The number of carbonyl (C=O) groups is 1. The molecule has 128 valence electrons. The number of halogens is 4. The van der Waals surface area contributed by atoms with Crippen molar-refractivity contribution in [2.24, 2.45) is 5.73 Å². The van der Waals surface area contributed by atoms with Gasteiger partial charge in [-0.25, -0.2) is 4.98 Å². The van der Waals surface area contributed by atoms with E-state index in [2.05, 4.69) is 20.9 Å². The molecule has 0 bridgehead atoms. The molecule has 0 spiro atoms. The van der Waals surface area contributed by atoms with Gasteiger partial charge in [0.25, 0.3) is 5.91 Å². The summed E-state index contributed by atoms with van der Waals surface area (Å²) in [7, 11) is 0. The van der Waals surface area contributed by atoms with Crippen LogP contribution in [0.25, 0.3) is 22.0 Å². The number of primary amides is 1. The Labute approximate surface area is 148 Å². The van der Waals surface area contributed by atoms with E-state index in [0.717, 1.165) is 6.07 Å². The Bertz CT molecular complexity index is 1000. The standard InChI is InChI=1S/C17H11BrF3N3O/c18-9-4-1-3-8(7-9)12-10-5-2-6-11(17(19,20)21)14(10)24-15(22)13(12)16(23)25/h1-7H,(H2,22,24)(H2,23,25). The van der Waals surface area contributed by atoms with Gasteiger partial charge in [-0.3, -0.25) is 4.79 Å². The molecular weight excluding hydrogens is 399 g/mol. The first-order chi connectivity index (χ1) is 11.7. The maximum Gasteiger partial charge on any atom is 0.418 e. The van der Waals surface area contributed by atoms with Crippen LogP contribution in [-0.2, 0) is 6.18 Å². The molecule has 0 radical (unpaired) electrons. The number of benzene rings is 2. The van der Waals surface area contributed by atoms with Gasteiger partial charge in [-0.2, -0.15) is 13.2 Å². The number of rotatable bonds is 2. The number of pyridine rings is 1. The lowest BCUT2D eigenvalue weighted by Crippen LogP contribution is -2.17. The van der Waals surface area contributed by atoms with E-state index in [4.69, 9.17) is 11.5 Å². The van der Waals surface area contributed by atoms with Crippen molar-refractivity contribution in [3.8, 4) is 11.1 Å². The van der Waals surface area contributed by atoms with E-state index in [-0.39, 0.29) is 27.8 Å². The Hall–Kier alpha value is -2.61. The van der Waals surface area contributed by atoms with Crippen LogP contribution >= 0.6 is 15.9 Å². The van der Waals surface area contributed by atoms with Gasteiger partial charge in [0.05, 0.1) is 16.6 Å². The molecule has 25 heavy (non-hydrogen) atoms. The zero-order chi connectivity index (χ0) is 18.4. The lowest BCUT2D eigenvalue weighted by molar-refractivity contribution is -0.136. The van der Waals surface area contributed by atoms with Gasteiger partial charge in [0.2, 0.25) is 0 Å². The van der Waals surface area contributed by atoms with Crippen LogP contribution in [0.3, 0.4) is 0 Å². The highest BCUT2D eigenvalue weighted by molar-refractivity contribution is 9.10. The maximum atomic E-state index is 13.3. The molecule has 0 saturated carbocycles. The van der Waals surface area contributed by atoms with Crippen LogP contribution in [-0.4, -0.2) is 10.9 Å². The SMILES string of the molecule is NC(=O)c1c(N)nc2c(C(F)(F)F)cccc2c1-c1cccc(Br)c1. The number of hydrogen-bond acceptors (Lipinski definition) is 3. The highest BCUT2D eigenvalue weighted by atomic mass is 79.9. The summed E-state index contributed by atoms with van der Waals surface area (Å²) in [4.78, 5) is 15.7. The molecular formula is C17H11BrF3N3O. The summed E-state index contributed by atoms with van der Waals surface area (Å²) in [5.74, 6) is -1.20. The Morgan fingerprint density at radius 3 is 2.40 bits per heavy atom. The molecule has 3 rings (SSSR count). The number of carbonyl (C=O) groups excluding carboxylic acids is 1. The van der Waals surface area contributed by atoms with Crippen LogP contribution in [0.1, 0.15) is 15.9 Å². The number of nitrogen functional groups attached to an aromatic ring is 1. The normalized spacial score (nSPS) is 11.7. The molecule has 1 heterocycles. The number of nitrogens with zero attached hydrogens (tertiary/aromatic N) is 1. The van der Waals surface area contributed by atoms with Gasteiger partial charge in [-0.1, -0.05) is 40.2 Å². The van der Waals surface area contributed by atoms with Crippen molar-refractivity contribution in [1.29, 1.82) is 0 Å². The van der Waals surface area contributed by atoms with Crippen molar-refractivity contribution in [2.45, 2.75) is 6.18 Å². The quantitative estimate of drug-likeness (QED) is 0.659. The topological polar surface area (TPSA) is 82.0 Å². The van der Waals surface area contributed by atoms with Crippen molar-refractivity contribution in [2.75, 3.05) is 5.73 Å². The van der Waals surface area contributed by atoms with Gasteiger partial charge in [0.15, 0.2) is 0 Å². The molecule has 0 aliphatic carbocycles. The van der Waals surface area contributed by atoms with Gasteiger partial charge in [0, 0.05) is 15.4 Å². The minimum Gasteiger partial charge on any atom is -0.383 e. The zero-order valence-corrected chi connectivity index (χ0v) is 14.1. The molecule has 0 aliphatic heterocycles. The lowest BCUT2D eigenvalue weighted by Gasteiger charge is -2.16. The molecule has 4 nitrogen and oxygen atoms in total. The summed E-state index contributed by atoms with van der Waals surface area (Å²) >= 11 is 3.31. The van der Waals surface area contributed by atoms with E-state index in [0.29, 0.717) is 10.0 Å². The Morgan fingerprint density at radius 1 is 1.12 bits per heavy atom.